The van der Waals surface area contributed by atoms with E-state index < -0.39 is 0 Å². The van der Waals surface area contributed by atoms with E-state index in [1.807, 2.05) is 0 Å². The summed E-state index contributed by atoms with van der Waals surface area (Å²) in [6.07, 6.45) is 1.22. The van der Waals surface area contributed by atoms with Gasteiger partial charge in [-0.15, -0.1) is 0 Å². The van der Waals surface area contributed by atoms with Crippen LogP contribution in [-0.4, -0.2) is 56.9 Å². The quantitative estimate of drug-likeness (QED) is 0.833. The molecule has 1 aromatic carbocycles. The summed E-state index contributed by atoms with van der Waals surface area (Å²) in [4.78, 5) is 2.28. The molecule has 1 aliphatic rings. The molecule has 1 fully saturated rings. The van der Waals surface area contributed by atoms with E-state index in [9.17, 15) is 0 Å². The summed E-state index contributed by atoms with van der Waals surface area (Å²) in [6.45, 7) is 8.73. The van der Waals surface area contributed by atoms with Gasteiger partial charge in [-0.25, -0.2) is 0 Å². The molecule has 2 rings (SSSR count). The Hall–Kier alpha value is -1.10. The number of nitrogens with zero attached hydrogens (tertiary/aromatic N) is 1. The van der Waals surface area contributed by atoms with Gasteiger partial charge in [0.15, 0.2) is 0 Å². The molecule has 0 saturated carbocycles. The molecule has 0 spiro atoms. The zero-order valence-corrected chi connectivity index (χ0v) is 13.5. The Morgan fingerprint density at radius 1 is 1.38 bits per heavy atom. The summed E-state index contributed by atoms with van der Waals surface area (Å²) in [5, 5.41) is 3.43. The van der Waals surface area contributed by atoms with E-state index in [2.05, 4.69) is 55.4 Å². The Morgan fingerprint density at radius 3 is 2.81 bits per heavy atom. The predicted octanol–water partition coefficient (Wildman–Crippen LogP) is 1.94. The molecule has 0 bridgehead atoms. The van der Waals surface area contributed by atoms with Crippen molar-refractivity contribution in [3.8, 4) is 5.75 Å². The fourth-order valence-corrected chi connectivity index (χ4v) is 2.65. The van der Waals surface area contributed by atoms with Crippen LogP contribution in [0.2, 0.25) is 0 Å². The molecule has 1 aliphatic heterocycles. The second kappa shape index (κ2) is 8.37. The van der Waals surface area contributed by atoms with Crippen LogP contribution in [0.4, 0.5) is 0 Å². The van der Waals surface area contributed by atoms with E-state index in [1.165, 1.54) is 5.56 Å². The minimum absolute atomic E-state index is 0.178. The van der Waals surface area contributed by atoms with E-state index >= 15 is 0 Å². The largest absolute Gasteiger partial charge is 0.491 e. The summed E-state index contributed by atoms with van der Waals surface area (Å²) in [6, 6.07) is 8.92. The molecular weight excluding hydrogens is 264 g/mol. The molecule has 4 nitrogen and oxygen atoms in total. The minimum atomic E-state index is 0.178. The van der Waals surface area contributed by atoms with Gasteiger partial charge in [-0.05, 0) is 44.6 Å². The van der Waals surface area contributed by atoms with Crippen molar-refractivity contribution in [2.24, 2.45) is 0 Å². The lowest BCUT2D eigenvalue weighted by Gasteiger charge is -2.29. The number of likely N-dealkylation sites (N-methyl/N-ethyl adjacent to an activating group) is 2. The highest BCUT2D eigenvalue weighted by molar-refractivity contribution is 5.27. The van der Waals surface area contributed by atoms with Gasteiger partial charge in [0, 0.05) is 19.1 Å². The van der Waals surface area contributed by atoms with Crippen molar-refractivity contribution < 1.29 is 9.47 Å². The Morgan fingerprint density at radius 2 is 2.14 bits per heavy atom. The van der Waals surface area contributed by atoms with Crippen molar-refractivity contribution in [1.29, 1.82) is 0 Å². The first kappa shape index (κ1) is 16.3. The molecule has 4 heteroatoms. The molecular formula is C17H28N2O2. The molecule has 0 aliphatic carbocycles. The van der Waals surface area contributed by atoms with Gasteiger partial charge in [-0.2, -0.15) is 0 Å². The highest BCUT2D eigenvalue weighted by Crippen LogP contribution is 2.15. The van der Waals surface area contributed by atoms with Crippen LogP contribution in [-0.2, 0) is 11.2 Å². The lowest BCUT2D eigenvalue weighted by atomic mass is 10.1. The van der Waals surface area contributed by atoms with Crippen molar-refractivity contribution in [3.05, 3.63) is 29.8 Å². The van der Waals surface area contributed by atoms with Crippen molar-refractivity contribution in [3.63, 3.8) is 0 Å². The first-order chi connectivity index (χ1) is 10.2. The summed E-state index contributed by atoms with van der Waals surface area (Å²) in [5.74, 6) is 0.923. The van der Waals surface area contributed by atoms with E-state index in [0.29, 0.717) is 12.6 Å². The standard InChI is InChI=1S/C17H28N2O2/c1-4-18-14(2)11-15-5-7-16(8-6-15)21-13-17-12-19(3)9-10-20-17/h5-8,14,17-18H,4,9-13H2,1-3H3. The third-order valence-electron chi connectivity index (χ3n) is 3.80. The van der Waals surface area contributed by atoms with Crippen molar-refractivity contribution in [2.45, 2.75) is 32.4 Å². The maximum absolute atomic E-state index is 5.83. The van der Waals surface area contributed by atoms with Gasteiger partial charge in [-0.1, -0.05) is 19.1 Å². The Balaban J connectivity index is 1.76. The van der Waals surface area contributed by atoms with Crippen molar-refractivity contribution in [1.82, 2.24) is 10.2 Å². The summed E-state index contributed by atoms with van der Waals surface area (Å²) in [7, 11) is 2.12. The highest BCUT2D eigenvalue weighted by atomic mass is 16.5. The van der Waals surface area contributed by atoms with Crippen molar-refractivity contribution in [2.75, 3.05) is 39.9 Å². The molecule has 118 valence electrons. The lowest BCUT2D eigenvalue weighted by Crippen LogP contribution is -2.42. The monoisotopic (exact) mass is 292 g/mol. The average Bonchev–Trinajstić information content (AvgIpc) is 2.47. The fourth-order valence-electron chi connectivity index (χ4n) is 2.65. The molecule has 2 unspecified atom stereocenters. The van der Waals surface area contributed by atoms with Gasteiger partial charge in [0.25, 0.3) is 0 Å². The van der Waals surface area contributed by atoms with Gasteiger partial charge in [-0.3, -0.25) is 0 Å². The highest BCUT2D eigenvalue weighted by Gasteiger charge is 2.18. The number of nitrogens with one attached hydrogen (secondary N) is 1. The van der Waals surface area contributed by atoms with E-state index in [-0.39, 0.29) is 6.10 Å². The number of ether oxygens (including phenoxy) is 2. The van der Waals surface area contributed by atoms with Crippen LogP contribution in [0.5, 0.6) is 5.75 Å². The average molecular weight is 292 g/mol. The zero-order valence-electron chi connectivity index (χ0n) is 13.5. The second-order valence-electron chi connectivity index (χ2n) is 5.87. The van der Waals surface area contributed by atoms with Crippen LogP contribution in [0, 0.1) is 0 Å². The van der Waals surface area contributed by atoms with Gasteiger partial charge >= 0.3 is 0 Å². The molecule has 1 heterocycles. The molecule has 0 radical (unpaired) electrons. The Labute approximate surface area is 128 Å². The fraction of sp³-hybridized carbons (Fsp3) is 0.647. The van der Waals surface area contributed by atoms with Crippen molar-refractivity contribution >= 4 is 0 Å². The van der Waals surface area contributed by atoms with Crippen LogP contribution in [0.3, 0.4) is 0 Å². The van der Waals surface area contributed by atoms with Gasteiger partial charge in [0.1, 0.15) is 18.5 Å². The number of hydrogen-bond acceptors (Lipinski definition) is 4. The molecule has 1 N–H and O–H groups in total. The number of benzene rings is 1. The van der Waals surface area contributed by atoms with Gasteiger partial charge in [0.05, 0.1) is 6.61 Å². The predicted molar refractivity (Wildman–Crippen MR) is 86.0 cm³/mol. The SMILES string of the molecule is CCNC(C)Cc1ccc(OCC2CN(C)CCO2)cc1. The van der Waals surface area contributed by atoms with Gasteiger partial charge < -0.3 is 19.7 Å². The number of morpholine rings is 1. The normalized spacial score (nSPS) is 21.2. The smallest absolute Gasteiger partial charge is 0.119 e. The molecule has 21 heavy (non-hydrogen) atoms. The zero-order chi connectivity index (χ0) is 15.1. The van der Waals surface area contributed by atoms with Gasteiger partial charge in [0.2, 0.25) is 0 Å². The number of rotatable bonds is 7. The van der Waals surface area contributed by atoms with E-state index in [0.717, 1.165) is 38.4 Å². The van der Waals surface area contributed by atoms with Crippen LogP contribution in [0.1, 0.15) is 19.4 Å². The Kier molecular flexibility index (Phi) is 6.49. The van der Waals surface area contributed by atoms with Crippen LogP contribution >= 0.6 is 0 Å². The first-order valence-electron chi connectivity index (χ1n) is 7.92. The third kappa shape index (κ3) is 5.65. The maximum Gasteiger partial charge on any atom is 0.119 e. The van der Waals surface area contributed by atoms with Crippen LogP contribution < -0.4 is 10.1 Å². The second-order valence-corrected chi connectivity index (χ2v) is 5.87. The first-order valence-corrected chi connectivity index (χ1v) is 7.92. The maximum atomic E-state index is 5.83. The van der Waals surface area contributed by atoms with Crippen LogP contribution in [0.15, 0.2) is 24.3 Å². The minimum Gasteiger partial charge on any atom is -0.491 e. The summed E-state index contributed by atoms with van der Waals surface area (Å²) in [5.41, 5.74) is 1.34. The molecule has 0 amide bonds. The van der Waals surface area contributed by atoms with E-state index in [1.54, 1.807) is 0 Å². The summed E-state index contributed by atoms with van der Waals surface area (Å²) < 4.78 is 11.5. The summed E-state index contributed by atoms with van der Waals surface area (Å²) >= 11 is 0. The third-order valence-corrected chi connectivity index (χ3v) is 3.80. The lowest BCUT2D eigenvalue weighted by molar-refractivity contribution is -0.0403. The molecule has 1 saturated heterocycles. The topological polar surface area (TPSA) is 33.7 Å². The van der Waals surface area contributed by atoms with Crippen LogP contribution in [0.25, 0.3) is 0 Å². The van der Waals surface area contributed by atoms with E-state index in [4.69, 9.17) is 9.47 Å². The molecule has 0 aromatic heterocycles. The number of hydrogen-bond donors (Lipinski definition) is 1. The molecule has 1 aromatic rings. The Bertz CT molecular complexity index is 408. The molecule has 2 atom stereocenters.